The number of amides is 1. The number of hydrogen-bond acceptors (Lipinski definition) is 2. The number of carbonyl (C=O) groups excluding carboxylic acids is 1. The van der Waals surface area contributed by atoms with Gasteiger partial charge in [0.05, 0.1) is 5.92 Å². The lowest BCUT2D eigenvalue weighted by atomic mass is 9.99. The Morgan fingerprint density at radius 2 is 1.94 bits per heavy atom. The van der Waals surface area contributed by atoms with Gasteiger partial charge < -0.3 is 10.6 Å². The zero-order valence-corrected chi connectivity index (χ0v) is 11.4. The molecule has 1 unspecified atom stereocenters. The molecule has 2 N–H and O–H groups in total. The Hall–Kier alpha value is -1.35. The van der Waals surface area contributed by atoms with E-state index in [2.05, 4.69) is 6.92 Å². The molecule has 0 heterocycles. The number of nitrogens with two attached hydrogens (primary N) is 1. The van der Waals surface area contributed by atoms with Gasteiger partial charge in [0.2, 0.25) is 5.91 Å². The van der Waals surface area contributed by atoms with Gasteiger partial charge in [-0.2, -0.15) is 0 Å². The van der Waals surface area contributed by atoms with Crippen molar-refractivity contribution in [1.82, 2.24) is 4.90 Å². The van der Waals surface area contributed by atoms with Crippen LogP contribution in [-0.2, 0) is 4.79 Å². The highest BCUT2D eigenvalue weighted by molar-refractivity contribution is 5.83. The van der Waals surface area contributed by atoms with E-state index >= 15 is 0 Å². The van der Waals surface area contributed by atoms with Crippen LogP contribution < -0.4 is 5.73 Å². The van der Waals surface area contributed by atoms with E-state index in [1.165, 1.54) is 0 Å². The molecule has 0 fully saturated rings. The van der Waals surface area contributed by atoms with Crippen LogP contribution in [0.4, 0.5) is 0 Å². The first-order valence-electron chi connectivity index (χ1n) is 6.74. The number of rotatable bonds is 7. The fourth-order valence-electron chi connectivity index (χ4n) is 2.04. The Balaban J connectivity index is 2.69. The van der Waals surface area contributed by atoms with E-state index in [1.54, 1.807) is 0 Å². The normalized spacial score (nSPS) is 12.2. The molecule has 1 aromatic rings. The first kappa shape index (κ1) is 14.7. The number of carbonyl (C=O) groups is 1. The lowest BCUT2D eigenvalue weighted by Crippen LogP contribution is -2.36. The van der Waals surface area contributed by atoms with Crippen LogP contribution in [-0.4, -0.2) is 30.4 Å². The average molecular weight is 248 g/mol. The predicted octanol–water partition coefficient (Wildman–Crippen LogP) is 2.38. The van der Waals surface area contributed by atoms with Crippen molar-refractivity contribution in [3.8, 4) is 0 Å². The van der Waals surface area contributed by atoms with Crippen molar-refractivity contribution in [2.75, 3.05) is 19.6 Å². The predicted molar refractivity (Wildman–Crippen MR) is 75.4 cm³/mol. The van der Waals surface area contributed by atoms with E-state index in [0.29, 0.717) is 6.54 Å². The third-order valence-electron chi connectivity index (χ3n) is 3.11. The first-order valence-corrected chi connectivity index (χ1v) is 6.74. The minimum atomic E-state index is -0.0736. The van der Waals surface area contributed by atoms with E-state index < -0.39 is 0 Å². The van der Waals surface area contributed by atoms with Crippen LogP contribution in [0.25, 0.3) is 0 Å². The zero-order valence-electron chi connectivity index (χ0n) is 11.4. The molecule has 0 radical (unpaired) electrons. The van der Waals surface area contributed by atoms with Gasteiger partial charge in [0.1, 0.15) is 0 Å². The third kappa shape index (κ3) is 4.15. The van der Waals surface area contributed by atoms with E-state index in [0.717, 1.165) is 31.5 Å². The van der Waals surface area contributed by atoms with E-state index in [-0.39, 0.29) is 11.8 Å². The summed E-state index contributed by atoms with van der Waals surface area (Å²) >= 11 is 0. The first-order chi connectivity index (χ1) is 8.70. The molecule has 0 saturated heterocycles. The second-order valence-corrected chi connectivity index (χ2v) is 4.60. The van der Waals surface area contributed by atoms with Gasteiger partial charge in [-0.25, -0.2) is 0 Å². The molecule has 0 saturated carbocycles. The third-order valence-corrected chi connectivity index (χ3v) is 3.11. The molecule has 0 aromatic heterocycles. The quantitative estimate of drug-likeness (QED) is 0.805. The molecular weight excluding hydrogens is 224 g/mol. The maximum Gasteiger partial charge on any atom is 0.229 e. The van der Waals surface area contributed by atoms with Crippen molar-refractivity contribution < 1.29 is 4.79 Å². The Bertz CT molecular complexity index is 351. The fourth-order valence-corrected chi connectivity index (χ4v) is 2.04. The lowest BCUT2D eigenvalue weighted by molar-refractivity contribution is -0.132. The molecule has 100 valence electrons. The van der Waals surface area contributed by atoms with Crippen LogP contribution in [0.2, 0.25) is 0 Å². The molecule has 0 bridgehead atoms. The zero-order chi connectivity index (χ0) is 13.4. The largest absolute Gasteiger partial charge is 0.342 e. The van der Waals surface area contributed by atoms with Crippen molar-refractivity contribution in [3.63, 3.8) is 0 Å². The molecule has 0 aliphatic heterocycles. The van der Waals surface area contributed by atoms with Crippen molar-refractivity contribution in [1.29, 1.82) is 0 Å². The lowest BCUT2D eigenvalue weighted by Gasteiger charge is -2.25. The molecule has 0 aliphatic rings. The summed E-state index contributed by atoms with van der Waals surface area (Å²) in [5, 5.41) is 0. The minimum absolute atomic E-state index is 0.0736. The maximum atomic E-state index is 12.4. The fraction of sp³-hybridized carbons (Fsp3) is 0.533. The molecule has 1 atom stereocenters. The van der Waals surface area contributed by atoms with Gasteiger partial charge in [-0.3, -0.25) is 4.79 Å². The molecule has 3 heteroatoms. The van der Waals surface area contributed by atoms with Crippen LogP contribution >= 0.6 is 0 Å². The molecule has 0 aliphatic carbocycles. The molecule has 1 rings (SSSR count). The van der Waals surface area contributed by atoms with Crippen LogP contribution in [0.5, 0.6) is 0 Å². The van der Waals surface area contributed by atoms with Crippen molar-refractivity contribution in [2.24, 2.45) is 5.73 Å². The molecule has 1 aromatic carbocycles. The summed E-state index contributed by atoms with van der Waals surface area (Å²) in [6, 6.07) is 9.94. The summed E-state index contributed by atoms with van der Waals surface area (Å²) in [6.45, 7) is 6.28. The standard InChI is InChI=1S/C15H24N2O/c1-3-11-17(12-7-10-16)15(18)13(2)14-8-5-4-6-9-14/h4-6,8-9,13H,3,7,10-12,16H2,1-2H3. The monoisotopic (exact) mass is 248 g/mol. The summed E-state index contributed by atoms with van der Waals surface area (Å²) in [4.78, 5) is 14.4. The van der Waals surface area contributed by atoms with Gasteiger partial charge >= 0.3 is 0 Å². The van der Waals surface area contributed by atoms with Crippen molar-refractivity contribution >= 4 is 5.91 Å². The van der Waals surface area contributed by atoms with Gasteiger partial charge in [0.25, 0.3) is 0 Å². The van der Waals surface area contributed by atoms with Crippen LogP contribution in [0.15, 0.2) is 30.3 Å². The minimum Gasteiger partial charge on any atom is -0.342 e. The second kappa shape index (κ2) is 7.88. The topological polar surface area (TPSA) is 46.3 Å². The Morgan fingerprint density at radius 1 is 1.28 bits per heavy atom. The summed E-state index contributed by atoms with van der Waals surface area (Å²) in [6.07, 6.45) is 1.85. The van der Waals surface area contributed by atoms with Gasteiger partial charge in [-0.05, 0) is 31.9 Å². The second-order valence-electron chi connectivity index (χ2n) is 4.60. The van der Waals surface area contributed by atoms with Crippen LogP contribution in [0, 0.1) is 0 Å². The van der Waals surface area contributed by atoms with E-state index in [9.17, 15) is 4.79 Å². The molecule has 0 spiro atoms. The summed E-state index contributed by atoms with van der Waals surface area (Å²) < 4.78 is 0. The number of nitrogens with zero attached hydrogens (tertiary/aromatic N) is 1. The van der Waals surface area contributed by atoms with Gasteiger partial charge in [0, 0.05) is 13.1 Å². The molecular formula is C15H24N2O. The number of hydrogen-bond donors (Lipinski definition) is 1. The van der Waals surface area contributed by atoms with Crippen molar-refractivity contribution in [2.45, 2.75) is 32.6 Å². The Kier molecular flexibility index (Phi) is 6.44. The Morgan fingerprint density at radius 3 is 2.50 bits per heavy atom. The van der Waals surface area contributed by atoms with Crippen LogP contribution in [0.1, 0.15) is 38.2 Å². The van der Waals surface area contributed by atoms with E-state index in [1.807, 2.05) is 42.2 Å². The summed E-state index contributed by atoms with van der Waals surface area (Å²) in [5.74, 6) is 0.132. The summed E-state index contributed by atoms with van der Waals surface area (Å²) in [7, 11) is 0. The highest BCUT2D eigenvalue weighted by atomic mass is 16.2. The Labute approximate surface area is 110 Å². The van der Waals surface area contributed by atoms with Gasteiger partial charge in [0.15, 0.2) is 0 Å². The van der Waals surface area contributed by atoms with E-state index in [4.69, 9.17) is 5.73 Å². The summed E-state index contributed by atoms with van der Waals surface area (Å²) in [5.41, 5.74) is 6.60. The molecule has 1 amide bonds. The van der Waals surface area contributed by atoms with Gasteiger partial charge in [-0.1, -0.05) is 37.3 Å². The average Bonchev–Trinajstić information content (AvgIpc) is 2.43. The highest BCUT2D eigenvalue weighted by Gasteiger charge is 2.20. The van der Waals surface area contributed by atoms with Gasteiger partial charge in [-0.15, -0.1) is 0 Å². The highest BCUT2D eigenvalue weighted by Crippen LogP contribution is 2.17. The smallest absolute Gasteiger partial charge is 0.229 e. The van der Waals surface area contributed by atoms with Crippen LogP contribution in [0.3, 0.4) is 0 Å². The number of benzene rings is 1. The molecule has 3 nitrogen and oxygen atoms in total. The van der Waals surface area contributed by atoms with Crippen molar-refractivity contribution in [3.05, 3.63) is 35.9 Å². The maximum absolute atomic E-state index is 12.4. The SMILES string of the molecule is CCCN(CCCN)C(=O)C(C)c1ccccc1. The molecule has 18 heavy (non-hydrogen) atoms.